The summed E-state index contributed by atoms with van der Waals surface area (Å²) in [6.07, 6.45) is 0.802. The van der Waals surface area contributed by atoms with Gasteiger partial charge in [-0.1, -0.05) is 18.2 Å². The number of ether oxygens (including phenoxy) is 1. The molecule has 1 aromatic heterocycles. The van der Waals surface area contributed by atoms with Gasteiger partial charge in [0.05, 0.1) is 12.1 Å². The van der Waals surface area contributed by atoms with Gasteiger partial charge in [-0.15, -0.1) is 0 Å². The van der Waals surface area contributed by atoms with Crippen LogP contribution in [0.3, 0.4) is 0 Å². The van der Waals surface area contributed by atoms with Gasteiger partial charge in [-0.25, -0.2) is 4.79 Å². The lowest BCUT2D eigenvalue weighted by Gasteiger charge is -2.10. The number of hydrogen-bond acceptors (Lipinski definition) is 3. The first-order valence-corrected chi connectivity index (χ1v) is 6.20. The highest BCUT2D eigenvalue weighted by atomic mass is 16.5. The molecule has 100 valence electrons. The molecular weight excluding hydrogens is 242 g/mol. The highest BCUT2D eigenvalue weighted by Gasteiger charge is 2.19. The first kappa shape index (κ1) is 13.2. The Labute approximate surface area is 111 Å². The molecule has 1 N–H and O–H groups in total. The number of aryl methyl sites for hydroxylation is 1. The van der Waals surface area contributed by atoms with Gasteiger partial charge in [-0.2, -0.15) is 0 Å². The smallest absolute Gasteiger partial charge is 0.358 e. The lowest BCUT2D eigenvalue weighted by molar-refractivity contribution is -0.136. The van der Waals surface area contributed by atoms with Crippen molar-refractivity contribution in [3.8, 4) is 0 Å². The Bertz CT molecular complexity index is 653. The quantitative estimate of drug-likeness (QED) is 0.523. The fraction of sp³-hybridized carbons (Fsp3) is 0.267. The van der Waals surface area contributed by atoms with E-state index >= 15 is 0 Å². The van der Waals surface area contributed by atoms with Crippen molar-refractivity contribution >= 4 is 22.6 Å². The van der Waals surface area contributed by atoms with Gasteiger partial charge >= 0.3 is 5.97 Å². The maximum atomic E-state index is 11.9. The number of aromatic nitrogens is 1. The zero-order valence-corrected chi connectivity index (χ0v) is 11.3. The molecule has 0 aliphatic rings. The predicted molar refractivity (Wildman–Crippen MR) is 74.9 cm³/mol. The molecule has 0 aliphatic carbocycles. The van der Waals surface area contributed by atoms with Gasteiger partial charge in [-0.05, 0) is 32.4 Å². The molecule has 4 nitrogen and oxygen atoms in total. The molecule has 0 fully saturated rings. The molecule has 0 amide bonds. The molecule has 0 atom stereocenters. The molecule has 1 heterocycles. The predicted octanol–water partition coefficient (Wildman–Crippen LogP) is 3.18. The number of hydrogen-bond donors (Lipinski definition) is 1. The number of benzene rings is 1. The van der Waals surface area contributed by atoms with Gasteiger partial charge in [0, 0.05) is 11.1 Å². The zero-order valence-electron chi connectivity index (χ0n) is 11.3. The minimum absolute atomic E-state index is 0.128. The second-order valence-electron chi connectivity index (χ2n) is 4.30. The monoisotopic (exact) mass is 259 g/mol. The van der Waals surface area contributed by atoms with Gasteiger partial charge in [0.1, 0.15) is 6.26 Å². The molecule has 0 spiro atoms. The standard InChI is InChI=1S/C15H17NO3/c1-4-19-15(18)14(9-17)16-11(3)10(2)12-7-5-6-8-13(12)16/h5-9,17H,4H2,1-3H3/b14-9-. The molecule has 1 aromatic carbocycles. The fourth-order valence-corrected chi connectivity index (χ4v) is 2.25. The van der Waals surface area contributed by atoms with Crippen molar-refractivity contribution in [1.82, 2.24) is 4.57 Å². The third kappa shape index (κ3) is 2.10. The van der Waals surface area contributed by atoms with Crippen molar-refractivity contribution in [1.29, 1.82) is 0 Å². The lowest BCUT2D eigenvalue weighted by Crippen LogP contribution is -2.13. The third-order valence-corrected chi connectivity index (χ3v) is 3.27. The largest absolute Gasteiger partial charge is 0.513 e. The average Bonchev–Trinajstić information content (AvgIpc) is 2.66. The molecule has 0 saturated heterocycles. The summed E-state index contributed by atoms with van der Waals surface area (Å²) in [5.41, 5.74) is 3.00. The summed E-state index contributed by atoms with van der Waals surface area (Å²) in [5.74, 6) is -0.533. The van der Waals surface area contributed by atoms with Crippen molar-refractivity contribution in [3.63, 3.8) is 0 Å². The minimum atomic E-state index is -0.533. The number of carbonyl (C=O) groups is 1. The van der Waals surface area contributed by atoms with Crippen LogP contribution in [0.4, 0.5) is 0 Å². The molecule has 0 bridgehead atoms. The van der Waals surface area contributed by atoms with Crippen LogP contribution in [-0.4, -0.2) is 22.2 Å². The van der Waals surface area contributed by atoms with Gasteiger partial charge in [0.15, 0.2) is 5.70 Å². The van der Waals surface area contributed by atoms with E-state index in [4.69, 9.17) is 4.74 Å². The van der Waals surface area contributed by atoms with Crippen LogP contribution in [0.25, 0.3) is 16.6 Å². The van der Waals surface area contributed by atoms with Gasteiger partial charge in [-0.3, -0.25) is 0 Å². The summed E-state index contributed by atoms with van der Waals surface area (Å²) in [6, 6.07) is 7.76. The molecule has 0 saturated carbocycles. The maximum absolute atomic E-state index is 11.9. The molecule has 0 aliphatic heterocycles. The number of carbonyl (C=O) groups excluding carboxylic acids is 1. The van der Waals surface area contributed by atoms with E-state index in [1.54, 1.807) is 11.5 Å². The Balaban J connectivity index is 2.68. The van der Waals surface area contributed by atoms with Crippen LogP contribution in [0, 0.1) is 13.8 Å². The van der Waals surface area contributed by atoms with Crippen LogP contribution < -0.4 is 0 Å². The van der Waals surface area contributed by atoms with Crippen LogP contribution in [-0.2, 0) is 9.53 Å². The third-order valence-electron chi connectivity index (χ3n) is 3.27. The highest BCUT2D eigenvalue weighted by Crippen LogP contribution is 2.28. The molecule has 4 heteroatoms. The number of fused-ring (bicyclic) bond motifs is 1. The number of aliphatic hydroxyl groups excluding tert-OH is 1. The number of rotatable bonds is 3. The average molecular weight is 259 g/mol. The minimum Gasteiger partial charge on any atom is -0.513 e. The van der Waals surface area contributed by atoms with E-state index in [0.717, 1.165) is 28.4 Å². The molecular formula is C15H17NO3. The van der Waals surface area contributed by atoms with Crippen LogP contribution in [0.5, 0.6) is 0 Å². The van der Waals surface area contributed by atoms with Crippen molar-refractivity contribution in [2.75, 3.05) is 6.61 Å². The summed E-state index contributed by atoms with van der Waals surface area (Å²) in [4.78, 5) is 11.9. The van der Waals surface area contributed by atoms with E-state index in [1.807, 2.05) is 38.1 Å². The lowest BCUT2D eigenvalue weighted by atomic mass is 10.2. The topological polar surface area (TPSA) is 51.5 Å². The fourth-order valence-electron chi connectivity index (χ4n) is 2.25. The van der Waals surface area contributed by atoms with Gasteiger partial charge in [0.2, 0.25) is 0 Å². The second-order valence-corrected chi connectivity index (χ2v) is 4.30. The molecule has 2 rings (SSSR count). The van der Waals surface area contributed by atoms with Crippen LogP contribution >= 0.6 is 0 Å². The van der Waals surface area contributed by atoms with Gasteiger partial charge < -0.3 is 14.4 Å². The zero-order chi connectivity index (χ0) is 14.0. The number of esters is 1. The van der Waals surface area contributed by atoms with E-state index in [0.29, 0.717) is 0 Å². The number of para-hydroxylation sites is 1. The molecule has 0 unspecified atom stereocenters. The molecule has 19 heavy (non-hydrogen) atoms. The van der Waals surface area contributed by atoms with E-state index in [2.05, 4.69) is 0 Å². The summed E-state index contributed by atoms with van der Waals surface area (Å²) >= 11 is 0. The maximum Gasteiger partial charge on any atom is 0.358 e. The molecule has 0 radical (unpaired) electrons. The Hall–Kier alpha value is -2.23. The van der Waals surface area contributed by atoms with Crippen LogP contribution in [0.2, 0.25) is 0 Å². The Morgan fingerprint density at radius 2 is 2.05 bits per heavy atom. The Morgan fingerprint density at radius 1 is 1.37 bits per heavy atom. The first-order chi connectivity index (χ1) is 9.11. The van der Waals surface area contributed by atoms with E-state index in [1.165, 1.54) is 0 Å². The van der Waals surface area contributed by atoms with Crippen molar-refractivity contribution < 1.29 is 14.6 Å². The summed E-state index contributed by atoms with van der Waals surface area (Å²) in [6.45, 7) is 5.92. The van der Waals surface area contributed by atoms with E-state index in [9.17, 15) is 9.90 Å². The van der Waals surface area contributed by atoms with E-state index in [-0.39, 0.29) is 12.3 Å². The Morgan fingerprint density at radius 3 is 2.68 bits per heavy atom. The van der Waals surface area contributed by atoms with E-state index < -0.39 is 5.97 Å². The summed E-state index contributed by atoms with van der Waals surface area (Å²) < 4.78 is 6.70. The number of nitrogens with zero attached hydrogens (tertiary/aromatic N) is 1. The van der Waals surface area contributed by atoms with Crippen LogP contribution in [0.1, 0.15) is 18.2 Å². The summed E-state index contributed by atoms with van der Waals surface area (Å²) in [5, 5.41) is 10.4. The second kappa shape index (κ2) is 5.18. The van der Waals surface area contributed by atoms with Crippen molar-refractivity contribution in [3.05, 3.63) is 41.8 Å². The summed E-state index contributed by atoms with van der Waals surface area (Å²) in [7, 11) is 0. The normalized spacial score (nSPS) is 11.8. The van der Waals surface area contributed by atoms with Gasteiger partial charge in [0.25, 0.3) is 0 Å². The van der Waals surface area contributed by atoms with Crippen molar-refractivity contribution in [2.45, 2.75) is 20.8 Å². The van der Waals surface area contributed by atoms with Crippen LogP contribution in [0.15, 0.2) is 30.5 Å². The number of aliphatic hydroxyl groups is 1. The molecule has 2 aromatic rings. The first-order valence-electron chi connectivity index (χ1n) is 6.20. The SMILES string of the molecule is CCOC(=O)/C(=C/O)n1c(C)c(C)c2ccccc21. The van der Waals surface area contributed by atoms with Crippen molar-refractivity contribution in [2.24, 2.45) is 0 Å². The highest BCUT2D eigenvalue weighted by molar-refractivity contribution is 6.12. The Kier molecular flexibility index (Phi) is 3.60.